The number of anilines is 2. The molecule has 2 amide bonds. The van der Waals surface area contributed by atoms with E-state index in [0.29, 0.717) is 39.2 Å². The Kier molecular flexibility index (Phi) is 6.47. The first kappa shape index (κ1) is 22.7. The molecular weight excluding hydrogens is 474 g/mol. The minimum atomic E-state index is -0.252. The van der Waals surface area contributed by atoms with Crippen LogP contribution in [-0.4, -0.2) is 38.4 Å². The molecule has 1 atom stereocenters. The lowest BCUT2D eigenvalue weighted by Gasteiger charge is -2.27. The Bertz CT molecular complexity index is 1230. The number of fused-ring (bicyclic) bond motifs is 1. The summed E-state index contributed by atoms with van der Waals surface area (Å²) in [4.78, 5) is 27.3. The molecule has 5 rings (SSSR count). The van der Waals surface area contributed by atoms with Crippen molar-refractivity contribution in [3.63, 3.8) is 0 Å². The maximum absolute atomic E-state index is 13.3. The molecule has 0 radical (unpaired) electrons. The van der Waals surface area contributed by atoms with Crippen LogP contribution in [0.3, 0.4) is 0 Å². The van der Waals surface area contributed by atoms with Crippen molar-refractivity contribution >= 4 is 46.6 Å². The van der Waals surface area contributed by atoms with Crippen molar-refractivity contribution in [3.8, 4) is 5.75 Å². The second-order valence-electron chi connectivity index (χ2n) is 8.39. The zero-order chi connectivity index (χ0) is 23.7. The van der Waals surface area contributed by atoms with Crippen LogP contribution in [-0.2, 0) is 16.2 Å². The number of para-hydroxylation sites is 3. The minimum Gasteiger partial charge on any atom is -0.484 e. The Morgan fingerprint density at radius 3 is 2.74 bits per heavy atom. The van der Waals surface area contributed by atoms with E-state index in [1.54, 1.807) is 11.0 Å². The number of hydrogen-bond acceptors (Lipinski definition) is 6. The summed E-state index contributed by atoms with van der Waals surface area (Å²) < 4.78 is 7.94. The zero-order valence-electron chi connectivity index (χ0n) is 18.6. The molecule has 2 aliphatic rings. The van der Waals surface area contributed by atoms with Crippen molar-refractivity contribution in [1.29, 1.82) is 0 Å². The third-order valence-corrected chi connectivity index (χ3v) is 7.03. The number of nitrogens with zero attached hydrogens (tertiary/aromatic N) is 4. The molecular formula is C24H24ClN5O3S. The molecule has 8 nitrogen and oxygen atoms in total. The van der Waals surface area contributed by atoms with Crippen LogP contribution >= 0.6 is 23.4 Å². The summed E-state index contributed by atoms with van der Waals surface area (Å²) in [6, 6.07) is 14.8. The van der Waals surface area contributed by atoms with Crippen LogP contribution < -0.4 is 15.0 Å². The van der Waals surface area contributed by atoms with Gasteiger partial charge >= 0.3 is 0 Å². The van der Waals surface area contributed by atoms with Crippen molar-refractivity contribution in [2.75, 3.05) is 16.0 Å². The number of benzene rings is 2. The number of ether oxygens (including phenoxy) is 1. The fourth-order valence-electron chi connectivity index (χ4n) is 4.07. The Morgan fingerprint density at radius 2 is 1.94 bits per heavy atom. The number of aromatic nitrogens is 3. The second-order valence-corrected chi connectivity index (χ2v) is 9.74. The maximum Gasteiger partial charge on any atom is 0.237 e. The molecule has 1 aliphatic heterocycles. The third-order valence-electron chi connectivity index (χ3n) is 5.79. The predicted molar refractivity (Wildman–Crippen MR) is 131 cm³/mol. The fraction of sp³-hybridized carbons (Fsp3) is 0.333. The smallest absolute Gasteiger partial charge is 0.237 e. The Labute approximate surface area is 206 Å². The molecule has 1 aliphatic carbocycles. The van der Waals surface area contributed by atoms with Gasteiger partial charge in [-0.25, -0.2) is 0 Å². The summed E-state index contributed by atoms with van der Waals surface area (Å²) in [5, 5.41) is 12.8. The minimum absolute atomic E-state index is 0.0827. The largest absolute Gasteiger partial charge is 0.484 e. The molecule has 0 bridgehead atoms. The first-order chi connectivity index (χ1) is 16.5. The lowest BCUT2D eigenvalue weighted by atomic mass is 10.2. The van der Waals surface area contributed by atoms with Crippen LogP contribution in [0.15, 0.2) is 53.7 Å². The highest BCUT2D eigenvalue weighted by molar-refractivity contribution is 7.99. The number of hydrogen-bond donors (Lipinski definition) is 1. The maximum atomic E-state index is 13.3. The molecule has 2 heterocycles. The molecule has 0 spiro atoms. The van der Waals surface area contributed by atoms with E-state index in [1.165, 1.54) is 11.8 Å². The van der Waals surface area contributed by atoms with Crippen LogP contribution in [0.25, 0.3) is 0 Å². The lowest BCUT2D eigenvalue weighted by Crippen LogP contribution is -2.40. The monoisotopic (exact) mass is 497 g/mol. The third kappa shape index (κ3) is 4.76. The van der Waals surface area contributed by atoms with E-state index >= 15 is 0 Å². The molecule has 10 heteroatoms. The molecule has 1 unspecified atom stereocenters. The van der Waals surface area contributed by atoms with Gasteiger partial charge in [0.1, 0.15) is 12.4 Å². The van der Waals surface area contributed by atoms with Crippen LogP contribution in [0.4, 0.5) is 11.4 Å². The topological polar surface area (TPSA) is 89.3 Å². The van der Waals surface area contributed by atoms with Crippen LogP contribution in [0.1, 0.15) is 38.1 Å². The van der Waals surface area contributed by atoms with Crippen molar-refractivity contribution in [1.82, 2.24) is 14.8 Å². The van der Waals surface area contributed by atoms with Crippen molar-refractivity contribution in [2.24, 2.45) is 0 Å². The summed E-state index contributed by atoms with van der Waals surface area (Å²) in [7, 11) is 0. The highest BCUT2D eigenvalue weighted by Gasteiger charge is 2.32. The number of thioether (sulfide) groups is 1. The molecule has 0 saturated heterocycles. The molecule has 3 aromatic rings. The van der Waals surface area contributed by atoms with Gasteiger partial charge in [-0.1, -0.05) is 47.6 Å². The quantitative estimate of drug-likeness (QED) is 0.476. The average Bonchev–Trinajstić information content (AvgIpc) is 3.59. The van der Waals surface area contributed by atoms with Crippen LogP contribution in [0.2, 0.25) is 5.02 Å². The Hall–Kier alpha value is -3.04. The van der Waals surface area contributed by atoms with Gasteiger partial charge in [-0.05, 0) is 44.0 Å². The van der Waals surface area contributed by atoms with Crippen LogP contribution in [0, 0.1) is 0 Å². The molecule has 1 fully saturated rings. The summed E-state index contributed by atoms with van der Waals surface area (Å²) in [6.07, 6.45) is 2.33. The van der Waals surface area contributed by atoms with Gasteiger partial charge in [-0.3, -0.25) is 14.2 Å². The number of halogens is 1. The van der Waals surface area contributed by atoms with Gasteiger partial charge in [-0.2, -0.15) is 0 Å². The standard InChI is InChI=1S/C24H24ClN5O3S/c1-15-12-22(31)26-18-7-3-4-8-19(18)29(15)23(32)14-34-24-28-27-21(30(24)16-10-11-16)13-33-20-9-5-2-6-17(20)25/h2-9,15-16H,10-14H2,1H3,(H,26,31). The van der Waals surface area contributed by atoms with Gasteiger partial charge in [0.15, 0.2) is 11.0 Å². The summed E-state index contributed by atoms with van der Waals surface area (Å²) in [5.74, 6) is 1.31. The summed E-state index contributed by atoms with van der Waals surface area (Å²) in [5.41, 5.74) is 1.36. The van der Waals surface area contributed by atoms with E-state index in [-0.39, 0.29) is 36.6 Å². The van der Waals surface area contributed by atoms with Gasteiger partial charge < -0.3 is 15.0 Å². The van der Waals surface area contributed by atoms with E-state index in [1.807, 2.05) is 49.4 Å². The lowest BCUT2D eigenvalue weighted by molar-refractivity contribution is -0.117. The van der Waals surface area contributed by atoms with Gasteiger partial charge in [0.2, 0.25) is 11.8 Å². The highest BCUT2D eigenvalue weighted by atomic mass is 35.5. The Morgan fingerprint density at radius 1 is 1.18 bits per heavy atom. The van der Waals surface area contributed by atoms with Crippen molar-refractivity contribution in [2.45, 2.75) is 50.0 Å². The molecule has 34 heavy (non-hydrogen) atoms. The van der Waals surface area contributed by atoms with E-state index < -0.39 is 0 Å². The van der Waals surface area contributed by atoms with Crippen molar-refractivity contribution in [3.05, 3.63) is 59.4 Å². The van der Waals surface area contributed by atoms with Gasteiger partial charge in [0.05, 0.1) is 22.2 Å². The number of rotatable bonds is 7. The number of carbonyl (C=O) groups excluding carboxylic acids is 2. The Balaban J connectivity index is 1.31. The first-order valence-electron chi connectivity index (χ1n) is 11.2. The molecule has 1 saturated carbocycles. The molecule has 1 aromatic heterocycles. The molecule has 2 aromatic carbocycles. The number of amides is 2. The molecule has 1 N–H and O–H groups in total. The normalized spacial score (nSPS) is 17.6. The average molecular weight is 498 g/mol. The van der Waals surface area contributed by atoms with Gasteiger partial charge in [-0.15, -0.1) is 10.2 Å². The fourth-order valence-corrected chi connectivity index (χ4v) is 5.15. The van der Waals surface area contributed by atoms with E-state index in [4.69, 9.17) is 16.3 Å². The van der Waals surface area contributed by atoms with Gasteiger partial charge in [0.25, 0.3) is 0 Å². The predicted octanol–water partition coefficient (Wildman–Crippen LogP) is 4.70. The summed E-state index contributed by atoms with van der Waals surface area (Å²) >= 11 is 7.56. The molecule has 176 valence electrons. The SMILES string of the molecule is CC1CC(=O)Nc2ccccc2N1C(=O)CSc1nnc(COc2ccccc2Cl)n1C1CC1. The van der Waals surface area contributed by atoms with Crippen molar-refractivity contribution < 1.29 is 14.3 Å². The van der Waals surface area contributed by atoms with Crippen LogP contribution in [0.5, 0.6) is 5.75 Å². The van der Waals surface area contributed by atoms with E-state index in [2.05, 4.69) is 20.1 Å². The zero-order valence-corrected chi connectivity index (χ0v) is 20.2. The number of nitrogens with one attached hydrogen (secondary N) is 1. The van der Waals surface area contributed by atoms with E-state index in [9.17, 15) is 9.59 Å². The summed E-state index contributed by atoms with van der Waals surface area (Å²) in [6.45, 7) is 2.13. The number of carbonyl (C=O) groups is 2. The van der Waals surface area contributed by atoms with E-state index in [0.717, 1.165) is 12.8 Å². The first-order valence-corrected chi connectivity index (χ1v) is 12.5. The van der Waals surface area contributed by atoms with Gasteiger partial charge in [0, 0.05) is 18.5 Å². The second kappa shape index (κ2) is 9.68. The highest BCUT2D eigenvalue weighted by Crippen LogP contribution is 2.39.